The maximum atomic E-state index is 9.85. The van der Waals surface area contributed by atoms with Crippen molar-refractivity contribution in [3.63, 3.8) is 0 Å². The van der Waals surface area contributed by atoms with Gasteiger partial charge in [-0.1, -0.05) is 24.3 Å². The van der Waals surface area contributed by atoms with E-state index in [0.717, 1.165) is 25.9 Å². The molecule has 0 unspecified atom stereocenters. The van der Waals surface area contributed by atoms with Gasteiger partial charge in [-0.15, -0.1) is 0 Å². The van der Waals surface area contributed by atoms with E-state index in [4.69, 9.17) is 11.6 Å². The smallest absolute Gasteiger partial charge is 0.140 e. The molecule has 0 aromatic heterocycles. The molecule has 0 aliphatic carbocycles. The van der Waals surface area contributed by atoms with Crippen LogP contribution in [0.3, 0.4) is 0 Å². The zero-order valence-corrected chi connectivity index (χ0v) is 14.8. The quantitative estimate of drug-likeness (QED) is 0.486. The number of phenols is 2. The van der Waals surface area contributed by atoms with Crippen LogP contribution >= 0.6 is 0 Å². The molecule has 26 heavy (non-hydrogen) atoms. The first kappa shape index (κ1) is 18.1. The van der Waals surface area contributed by atoms with E-state index in [1.54, 1.807) is 30.5 Å². The second-order valence-corrected chi connectivity index (χ2v) is 6.75. The fourth-order valence-electron chi connectivity index (χ4n) is 3.43. The molecule has 6 heteroatoms. The van der Waals surface area contributed by atoms with Crippen LogP contribution in [-0.2, 0) is 0 Å². The summed E-state index contributed by atoms with van der Waals surface area (Å²) in [6.07, 6.45) is 3.71. The van der Waals surface area contributed by atoms with Crippen molar-refractivity contribution in [1.29, 1.82) is 0 Å². The van der Waals surface area contributed by atoms with Crippen LogP contribution in [0.1, 0.15) is 24.3 Å². The SMILES string of the molecule is N/C(=C\N(N)c1ccccc1O)CN1CCC(c2cccc(O)c2)CC1. The van der Waals surface area contributed by atoms with E-state index < -0.39 is 0 Å². The third kappa shape index (κ3) is 4.47. The summed E-state index contributed by atoms with van der Waals surface area (Å²) in [5.41, 5.74) is 8.49. The first-order valence-electron chi connectivity index (χ1n) is 8.82. The van der Waals surface area contributed by atoms with E-state index in [0.29, 0.717) is 29.6 Å². The van der Waals surface area contributed by atoms with E-state index in [1.165, 1.54) is 10.6 Å². The van der Waals surface area contributed by atoms with Crippen molar-refractivity contribution in [2.45, 2.75) is 18.8 Å². The Bertz CT molecular complexity index is 770. The molecule has 1 aliphatic heterocycles. The van der Waals surface area contributed by atoms with Crippen molar-refractivity contribution < 1.29 is 10.2 Å². The number of nitrogens with two attached hydrogens (primary N) is 2. The fourth-order valence-corrected chi connectivity index (χ4v) is 3.43. The largest absolute Gasteiger partial charge is 0.508 e. The summed E-state index contributed by atoms with van der Waals surface area (Å²) in [5, 5.41) is 20.8. The monoisotopic (exact) mass is 354 g/mol. The Hall–Kier alpha value is -2.70. The van der Waals surface area contributed by atoms with E-state index in [-0.39, 0.29) is 5.75 Å². The molecular formula is C20H26N4O2. The lowest BCUT2D eigenvalue weighted by Crippen LogP contribution is -2.36. The van der Waals surface area contributed by atoms with Crippen LogP contribution in [0.4, 0.5) is 5.69 Å². The van der Waals surface area contributed by atoms with Crippen LogP contribution in [0.2, 0.25) is 0 Å². The number of para-hydroxylation sites is 2. The molecular weight excluding hydrogens is 328 g/mol. The predicted molar refractivity (Wildman–Crippen MR) is 104 cm³/mol. The molecule has 6 nitrogen and oxygen atoms in total. The highest BCUT2D eigenvalue weighted by molar-refractivity contribution is 5.58. The molecule has 138 valence electrons. The van der Waals surface area contributed by atoms with E-state index in [9.17, 15) is 10.2 Å². The van der Waals surface area contributed by atoms with Gasteiger partial charge >= 0.3 is 0 Å². The molecule has 0 spiro atoms. The van der Waals surface area contributed by atoms with Gasteiger partial charge in [0.25, 0.3) is 0 Å². The Morgan fingerprint density at radius 1 is 1.12 bits per heavy atom. The molecule has 6 N–H and O–H groups in total. The first-order valence-corrected chi connectivity index (χ1v) is 8.82. The van der Waals surface area contributed by atoms with Crippen molar-refractivity contribution in [3.8, 4) is 11.5 Å². The zero-order valence-electron chi connectivity index (χ0n) is 14.8. The van der Waals surface area contributed by atoms with Crippen molar-refractivity contribution in [1.82, 2.24) is 4.90 Å². The Balaban J connectivity index is 1.54. The summed E-state index contributed by atoms with van der Waals surface area (Å²) >= 11 is 0. The maximum absolute atomic E-state index is 9.85. The highest BCUT2D eigenvalue weighted by atomic mass is 16.3. The summed E-state index contributed by atoms with van der Waals surface area (Å²) in [6.45, 7) is 2.51. The number of hydrogen-bond acceptors (Lipinski definition) is 6. The van der Waals surface area contributed by atoms with Gasteiger partial charge < -0.3 is 15.9 Å². The fraction of sp³-hybridized carbons (Fsp3) is 0.300. The summed E-state index contributed by atoms with van der Waals surface area (Å²) in [4.78, 5) is 2.30. The minimum Gasteiger partial charge on any atom is -0.508 e. The molecule has 0 bridgehead atoms. The van der Waals surface area contributed by atoms with Gasteiger partial charge in [-0.25, -0.2) is 5.84 Å². The van der Waals surface area contributed by atoms with Crippen LogP contribution in [0.15, 0.2) is 60.4 Å². The van der Waals surface area contributed by atoms with Crippen LogP contribution in [0.25, 0.3) is 0 Å². The van der Waals surface area contributed by atoms with Crippen LogP contribution < -0.4 is 16.6 Å². The highest BCUT2D eigenvalue weighted by Crippen LogP contribution is 2.30. The number of rotatable bonds is 5. The molecule has 0 saturated carbocycles. The topological polar surface area (TPSA) is 99.0 Å². The number of phenolic OH excluding ortho intramolecular Hbond substituents is 2. The van der Waals surface area contributed by atoms with Crippen LogP contribution in [0.5, 0.6) is 11.5 Å². The molecule has 0 radical (unpaired) electrons. The summed E-state index contributed by atoms with van der Waals surface area (Å²) in [6, 6.07) is 14.4. The van der Waals surface area contributed by atoms with Gasteiger partial charge in [0.1, 0.15) is 11.5 Å². The molecule has 1 aliphatic rings. The molecule has 1 fully saturated rings. The molecule has 2 aromatic carbocycles. The molecule has 2 aromatic rings. The van der Waals surface area contributed by atoms with Crippen molar-refractivity contribution in [2.75, 3.05) is 24.6 Å². The number of hydrogen-bond donors (Lipinski definition) is 4. The molecule has 1 saturated heterocycles. The molecule has 3 rings (SSSR count). The van der Waals surface area contributed by atoms with E-state index >= 15 is 0 Å². The Morgan fingerprint density at radius 3 is 2.54 bits per heavy atom. The molecule has 0 amide bonds. The lowest BCUT2D eigenvalue weighted by Gasteiger charge is -2.32. The molecule has 1 heterocycles. The van der Waals surface area contributed by atoms with Gasteiger partial charge in [0.05, 0.1) is 5.69 Å². The van der Waals surface area contributed by atoms with Gasteiger partial charge in [0.15, 0.2) is 0 Å². The number of piperidine rings is 1. The molecule has 0 atom stereocenters. The van der Waals surface area contributed by atoms with Crippen molar-refractivity contribution in [2.24, 2.45) is 11.6 Å². The van der Waals surface area contributed by atoms with E-state index in [1.807, 2.05) is 18.2 Å². The third-order valence-corrected chi connectivity index (χ3v) is 4.80. The standard InChI is InChI=1S/C20H26N4O2/c21-17(14-24(22)19-6-1-2-7-20(19)26)13-23-10-8-15(9-11-23)16-4-3-5-18(25)12-16/h1-7,12,14-15,25-26H,8-11,13,21-22H2/b17-14-. The Kier molecular flexibility index (Phi) is 5.65. The normalized spacial score (nSPS) is 16.6. The van der Waals surface area contributed by atoms with Gasteiger partial charge in [0.2, 0.25) is 0 Å². The van der Waals surface area contributed by atoms with Crippen molar-refractivity contribution in [3.05, 3.63) is 66.0 Å². The van der Waals surface area contributed by atoms with Gasteiger partial charge in [-0.3, -0.25) is 9.91 Å². The predicted octanol–water partition coefficient (Wildman–Crippen LogP) is 2.46. The minimum absolute atomic E-state index is 0.117. The number of aromatic hydroxyl groups is 2. The number of nitrogens with zero attached hydrogens (tertiary/aromatic N) is 2. The van der Waals surface area contributed by atoms with Gasteiger partial charge in [0, 0.05) is 18.4 Å². The summed E-state index contributed by atoms with van der Waals surface area (Å²) in [7, 11) is 0. The Labute approximate surface area is 153 Å². The first-order chi connectivity index (χ1) is 12.5. The van der Waals surface area contributed by atoms with Gasteiger partial charge in [-0.2, -0.15) is 0 Å². The average Bonchev–Trinajstić information content (AvgIpc) is 2.62. The third-order valence-electron chi connectivity index (χ3n) is 4.80. The Morgan fingerprint density at radius 2 is 1.85 bits per heavy atom. The van der Waals surface area contributed by atoms with Crippen molar-refractivity contribution >= 4 is 5.69 Å². The minimum atomic E-state index is 0.117. The maximum Gasteiger partial charge on any atom is 0.140 e. The van der Waals surface area contributed by atoms with E-state index in [2.05, 4.69) is 11.0 Å². The van der Waals surface area contributed by atoms with Crippen LogP contribution in [-0.4, -0.2) is 34.7 Å². The average molecular weight is 354 g/mol. The summed E-state index contributed by atoms with van der Waals surface area (Å²) in [5.74, 6) is 6.90. The second-order valence-electron chi connectivity index (χ2n) is 6.75. The van der Waals surface area contributed by atoms with Crippen LogP contribution in [0, 0.1) is 0 Å². The number of hydrazine groups is 1. The van der Waals surface area contributed by atoms with Gasteiger partial charge in [-0.05, 0) is 61.7 Å². The second kappa shape index (κ2) is 8.12. The number of likely N-dealkylation sites (tertiary alicyclic amines) is 1. The lowest BCUT2D eigenvalue weighted by molar-refractivity contribution is 0.227. The summed E-state index contributed by atoms with van der Waals surface area (Å²) < 4.78 is 0. The lowest BCUT2D eigenvalue weighted by atomic mass is 9.89. The number of anilines is 1. The highest BCUT2D eigenvalue weighted by Gasteiger charge is 2.21. The zero-order chi connectivity index (χ0) is 18.5. The number of benzene rings is 2.